The highest BCUT2D eigenvalue weighted by atomic mass is 16.6. The molecule has 1 N–H and O–H groups in total. The van der Waals surface area contributed by atoms with Gasteiger partial charge in [0.15, 0.2) is 6.61 Å². The van der Waals surface area contributed by atoms with E-state index in [1.165, 1.54) is 17.0 Å². The SMILES string of the molecule is CCNC(=O)CN(CC)C(=O)COC(=O)c1ccc(C)c([N+](=O)[O-])c1. The summed E-state index contributed by atoms with van der Waals surface area (Å²) in [6, 6.07) is 3.93. The number of likely N-dealkylation sites (N-methyl/N-ethyl adjacent to an activating group) is 2. The minimum atomic E-state index is -0.842. The Kier molecular flexibility index (Phi) is 7.51. The van der Waals surface area contributed by atoms with Crippen LogP contribution in [0.4, 0.5) is 5.69 Å². The highest BCUT2D eigenvalue weighted by Crippen LogP contribution is 2.19. The van der Waals surface area contributed by atoms with Crippen LogP contribution in [0.5, 0.6) is 0 Å². The van der Waals surface area contributed by atoms with Crippen molar-refractivity contribution in [2.45, 2.75) is 20.8 Å². The number of aryl methyl sites for hydroxylation is 1. The summed E-state index contributed by atoms with van der Waals surface area (Å²) in [5.74, 6) is -1.67. The molecule has 0 heterocycles. The van der Waals surface area contributed by atoms with Crippen molar-refractivity contribution >= 4 is 23.5 Å². The van der Waals surface area contributed by atoms with Crippen LogP contribution >= 0.6 is 0 Å². The van der Waals surface area contributed by atoms with E-state index in [-0.39, 0.29) is 30.2 Å². The van der Waals surface area contributed by atoms with E-state index in [2.05, 4.69) is 5.32 Å². The van der Waals surface area contributed by atoms with Crippen LogP contribution in [0.15, 0.2) is 18.2 Å². The zero-order valence-corrected chi connectivity index (χ0v) is 14.4. The lowest BCUT2D eigenvalue weighted by atomic mass is 10.1. The third-order valence-electron chi connectivity index (χ3n) is 3.41. The van der Waals surface area contributed by atoms with Crippen LogP contribution in [0.25, 0.3) is 0 Å². The number of nitro groups is 1. The van der Waals surface area contributed by atoms with E-state index in [1.807, 2.05) is 0 Å². The van der Waals surface area contributed by atoms with E-state index in [9.17, 15) is 24.5 Å². The Morgan fingerprint density at radius 1 is 1.28 bits per heavy atom. The molecule has 0 saturated heterocycles. The number of nitro benzene ring substituents is 1. The molecule has 0 aliphatic carbocycles. The number of nitrogens with zero attached hydrogens (tertiary/aromatic N) is 2. The van der Waals surface area contributed by atoms with Gasteiger partial charge in [-0.2, -0.15) is 0 Å². The lowest BCUT2D eigenvalue weighted by Gasteiger charge is -2.20. The molecule has 9 heteroatoms. The minimum Gasteiger partial charge on any atom is -0.452 e. The second-order valence-electron chi connectivity index (χ2n) is 5.20. The quantitative estimate of drug-likeness (QED) is 0.425. The molecule has 0 aliphatic rings. The molecule has 0 fully saturated rings. The van der Waals surface area contributed by atoms with Crippen molar-refractivity contribution < 1.29 is 24.0 Å². The van der Waals surface area contributed by atoms with Crippen LogP contribution in [0.1, 0.15) is 29.8 Å². The van der Waals surface area contributed by atoms with Crippen molar-refractivity contribution in [1.29, 1.82) is 0 Å². The Morgan fingerprint density at radius 3 is 2.52 bits per heavy atom. The molecule has 1 aromatic carbocycles. The second-order valence-corrected chi connectivity index (χ2v) is 5.20. The van der Waals surface area contributed by atoms with Gasteiger partial charge in [0.1, 0.15) is 0 Å². The molecule has 1 rings (SSSR count). The number of ether oxygens (including phenoxy) is 1. The summed E-state index contributed by atoms with van der Waals surface area (Å²) in [5, 5.41) is 13.5. The molecule has 0 radical (unpaired) electrons. The standard InChI is InChI=1S/C16H21N3O6/c1-4-17-14(20)9-18(5-2)15(21)10-25-16(22)12-7-6-11(3)13(8-12)19(23)24/h6-8H,4-5,9-10H2,1-3H3,(H,17,20). The lowest BCUT2D eigenvalue weighted by molar-refractivity contribution is -0.385. The van der Waals surface area contributed by atoms with Gasteiger partial charge in [0.2, 0.25) is 5.91 Å². The Balaban J connectivity index is 2.68. The van der Waals surface area contributed by atoms with Crippen LogP contribution in [-0.4, -0.2) is 53.8 Å². The van der Waals surface area contributed by atoms with Gasteiger partial charge in [-0.25, -0.2) is 4.79 Å². The lowest BCUT2D eigenvalue weighted by Crippen LogP contribution is -2.42. The highest BCUT2D eigenvalue weighted by molar-refractivity contribution is 5.92. The molecule has 0 atom stereocenters. The maximum atomic E-state index is 12.0. The van der Waals surface area contributed by atoms with Gasteiger partial charge < -0.3 is 15.0 Å². The van der Waals surface area contributed by atoms with Crippen molar-refractivity contribution in [2.24, 2.45) is 0 Å². The first-order valence-electron chi connectivity index (χ1n) is 7.76. The maximum Gasteiger partial charge on any atom is 0.338 e. The molecular formula is C16H21N3O6. The summed E-state index contributed by atoms with van der Waals surface area (Å²) >= 11 is 0. The summed E-state index contributed by atoms with van der Waals surface area (Å²) in [7, 11) is 0. The molecule has 0 unspecified atom stereocenters. The van der Waals surface area contributed by atoms with E-state index in [0.29, 0.717) is 12.1 Å². The number of amides is 2. The second kappa shape index (κ2) is 9.36. The van der Waals surface area contributed by atoms with Crippen LogP contribution in [0.3, 0.4) is 0 Å². The normalized spacial score (nSPS) is 10.0. The zero-order chi connectivity index (χ0) is 19.0. The molecular weight excluding hydrogens is 330 g/mol. The fourth-order valence-electron chi connectivity index (χ4n) is 2.04. The van der Waals surface area contributed by atoms with Crippen molar-refractivity contribution in [1.82, 2.24) is 10.2 Å². The summed E-state index contributed by atoms with van der Waals surface area (Å²) < 4.78 is 4.90. The Labute approximate surface area is 145 Å². The van der Waals surface area contributed by atoms with Crippen LogP contribution in [-0.2, 0) is 14.3 Å². The third-order valence-corrected chi connectivity index (χ3v) is 3.41. The highest BCUT2D eigenvalue weighted by Gasteiger charge is 2.19. The van der Waals surface area contributed by atoms with Crippen LogP contribution in [0.2, 0.25) is 0 Å². The molecule has 1 aromatic rings. The van der Waals surface area contributed by atoms with Gasteiger partial charge in [-0.15, -0.1) is 0 Å². The molecule has 0 spiro atoms. The molecule has 0 bridgehead atoms. The molecule has 136 valence electrons. The number of carbonyl (C=O) groups excluding carboxylic acids is 3. The van der Waals surface area contributed by atoms with Gasteiger partial charge in [-0.3, -0.25) is 19.7 Å². The summed E-state index contributed by atoms with van der Waals surface area (Å²) in [4.78, 5) is 47.1. The summed E-state index contributed by atoms with van der Waals surface area (Å²) in [6.45, 7) is 5.07. The first kappa shape index (κ1) is 20.1. The van der Waals surface area contributed by atoms with Crippen molar-refractivity contribution in [3.63, 3.8) is 0 Å². The van der Waals surface area contributed by atoms with Crippen LogP contribution in [0, 0.1) is 17.0 Å². The monoisotopic (exact) mass is 351 g/mol. The van der Waals surface area contributed by atoms with Crippen molar-refractivity contribution in [2.75, 3.05) is 26.2 Å². The van der Waals surface area contributed by atoms with Gasteiger partial charge in [0.05, 0.1) is 17.0 Å². The van der Waals surface area contributed by atoms with E-state index in [1.54, 1.807) is 20.8 Å². The van der Waals surface area contributed by atoms with E-state index < -0.39 is 23.4 Å². The smallest absolute Gasteiger partial charge is 0.338 e. The molecule has 0 aromatic heterocycles. The van der Waals surface area contributed by atoms with Gasteiger partial charge in [0.25, 0.3) is 11.6 Å². The van der Waals surface area contributed by atoms with Gasteiger partial charge in [-0.1, -0.05) is 6.07 Å². The minimum absolute atomic E-state index is 0.0168. The number of hydrogen-bond donors (Lipinski definition) is 1. The molecule has 9 nitrogen and oxygen atoms in total. The van der Waals surface area contributed by atoms with Crippen molar-refractivity contribution in [3.05, 3.63) is 39.4 Å². The van der Waals surface area contributed by atoms with Crippen molar-refractivity contribution in [3.8, 4) is 0 Å². The number of esters is 1. The number of nitrogens with one attached hydrogen (secondary N) is 1. The predicted octanol–water partition coefficient (Wildman–Crippen LogP) is 1.04. The first-order valence-corrected chi connectivity index (χ1v) is 7.76. The Hall–Kier alpha value is -2.97. The van der Waals surface area contributed by atoms with E-state index in [4.69, 9.17) is 4.74 Å². The summed E-state index contributed by atoms with van der Waals surface area (Å²) in [6.07, 6.45) is 0. The average molecular weight is 351 g/mol. The van der Waals surface area contributed by atoms with E-state index in [0.717, 1.165) is 6.07 Å². The third kappa shape index (κ3) is 5.87. The fraction of sp³-hybridized carbons (Fsp3) is 0.438. The zero-order valence-electron chi connectivity index (χ0n) is 14.4. The number of benzene rings is 1. The number of rotatable bonds is 8. The maximum absolute atomic E-state index is 12.0. The summed E-state index contributed by atoms with van der Waals surface area (Å²) in [5.41, 5.74) is 0.195. The van der Waals surface area contributed by atoms with Gasteiger partial charge in [-0.05, 0) is 26.8 Å². The van der Waals surface area contributed by atoms with E-state index >= 15 is 0 Å². The Morgan fingerprint density at radius 2 is 1.96 bits per heavy atom. The Bertz CT molecular complexity index is 674. The molecule has 0 aliphatic heterocycles. The molecule has 2 amide bonds. The number of carbonyl (C=O) groups is 3. The fourth-order valence-corrected chi connectivity index (χ4v) is 2.04. The topological polar surface area (TPSA) is 119 Å². The largest absolute Gasteiger partial charge is 0.452 e. The predicted molar refractivity (Wildman–Crippen MR) is 89.1 cm³/mol. The van der Waals surface area contributed by atoms with Gasteiger partial charge >= 0.3 is 5.97 Å². The van der Waals surface area contributed by atoms with Gasteiger partial charge in [0, 0.05) is 24.7 Å². The van der Waals surface area contributed by atoms with Crippen LogP contribution < -0.4 is 5.32 Å². The average Bonchev–Trinajstić information content (AvgIpc) is 2.57. The number of hydrogen-bond acceptors (Lipinski definition) is 6. The molecule has 25 heavy (non-hydrogen) atoms. The molecule has 0 saturated carbocycles. The first-order chi connectivity index (χ1) is 11.8.